The van der Waals surface area contributed by atoms with Crippen LogP contribution in [0.3, 0.4) is 0 Å². The second-order valence-corrected chi connectivity index (χ2v) is 10.00. The number of nitro benzene ring substituents is 1. The Morgan fingerprint density at radius 1 is 0.892 bits per heavy atom. The van der Waals surface area contributed by atoms with E-state index in [1.807, 2.05) is 41.3 Å². The van der Waals surface area contributed by atoms with Crippen LogP contribution in [0.15, 0.2) is 72.8 Å². The summed E-state index contributed by atoms with van der Waals surface area (Å²) in [5, 5.41) is 11.9. The van der Waals surface area contributed by atoms with Crippen LogP contribution in [0.4, 0.5) is 17.1 Å². The minimum absolute atomic E-state index is 0.0927. The molecule has 2 amide bonds. The van der Waals surface area contributed by atoms with Gasteiger partial charge in [-0.3, -0.25) is 24.5 Å². The monoisotopic (exact) mass is 533 g/mol. The minimum Gasteiger partial charge on any atom is -0.352 e. The maximum Gasteiger partial charge on any atom is 0.270 e. The van der Waals surface area contributed by atoms with Gasteiger partial charge in [0.2, 0.25) is 11.8 Å². The van der Waals surface area contributed by atoms with E-state index < -0.39 is 46.4 Å². The molecule has 184 valence electrons. The van der Waals surface area contributed by atoms with E-state index in [0.29, 0.717) is 5.69 Å². The van der Waals surface area contributed by atoms with E-state index in [-0.39, 0.29) is 27.0 Å². The number of amides is 2. The van der Waals surface area contributed by atoms with E-state index in [4.69, 9.17) is 23.2 Å². The number of ketones is 1. The Balaban J connectivity index is 1.50. The van der Waals surface area contributed by atoms with Crippen LogP contribution >= 0.6 is 23.2 Å². The van der Waals surface area contributed by atoms with Crippen molar-refractivity contribution in [2.75, 3.05) is 9.80 Å². The van der Waals surface area contributed by atoms with Crippen LogP contribution in [0.5, 0.6) is 0 Å². The van der Waals surface area contributed by atoms with E-state index in [9.17, 15) is 24.5 Å². The number of nitrogens with zero attached hydrogens (tertiary/aromatic N) is 3. The van der Waals surface area contributed by atoms with Crippen LogP contribution in [0, 0.1) is 22.0 Å². The number of Topliss-reactive ketones (excluding diaryl/α,β-unsaturated/α-hetero) is 1. The number of hydrogen-bond acceptors (Lipinski definition) is 6. The summed E-state index contributed by atoms with van der Waals surface area (Å²) >= 11 is 12.3. The fourth-order valence-electron chi connectivity index (χ4n) is 5.68. The van der Waals surface area contributed by atoms with Gasteiger partial charge >= 0.3 is 0 Å². The lowest BCUT2D eigenvalue weighted by Gasteiger charge is -2.36. The molecule has 4 atom stereocenters. The third kappa shape index (κ3) is 3.55. The highest BCUT2D eigenvalue weighted by molar-refractivity contribution is 6.36. The minimum atomic E-state index is -1.06. The number of benzene rings is 3. The van der Waals surface area contributed by atoms with Crippen molar-refractivity contribution in [2.24, 2.45) is 11.8 Å². The van der Waals surface area contributed by atoms with Crippen molar-refractivity contribution >= 4 is 63.9 Å². The number of halogens is 2. The number of hydrogen-bond donors (Lipinski definition) is 0. The molecule has 0 N–H and O–H groups in total. The molecule has 3 aromatic rings. The molecule has 6 rings (SSSR count). The molecule has 3 aliphatic heterocycles. The third-order valence-electron chi connectivity index (χ3n) is 7.13. The highest BCUT2D eigenvalue weighted by Crippen LogP contribution is 2.50. The van der Waals surface area contributed by atoms with Gasteiger partial charge in [-0.25, -0.2) is 4.90 Å². The number of carbonyl (C=O) groups excluding carboxylic acids is 3. The fraction of sp³-hybridized carbons (Fsp3) is 0.148. The number of para-hydroxylation sites is 1. The average Bonchev–Trinajstić information content (AvgIpc) is 3.35. The van der Waals surface area contributed by atoms with Gasteiger partial charge in [0.1, 0.15) is 6.04 Å². The predicted octanol–water partition coefficient (Wildman–Crippen LogP) is 5.17. The summed E-state index contributed by atoms with van der Waals surface area (Å²) < 4.78 is 0. The van der Waals surface area contributed by atoms with Crippen molar-refractivity contribution in [3.8, 4) is 0 Å². The Morgan fingerprint density at radius 3 is 2.32 bits per heavy atom. The van der Waals surface area contributed by atoms with Crippen LogP contribution in [0.2, 0.25) is 10.0 Å². The first-order chi connectivity index (χ1) is 17.8. The number of carbonyl (C=O) groups is 3. The molecule has 3 aliphatic rings. The Morgan fingerprint density at radius 2 is 1.59 bits per heavy atom. The van der Waals surface area contributed by atoms with Crippen molar-refractivity contribution in [1.29, 1.82) is 0 Å². The molecule has 0 aliphatic carbocycles. The smallest absolute Gasteiger partial charge is 0.270 e. The van der Waals surface area contributed by atoms with Gasteiger partial charge in [-0.1, -0.05) is 65.7 Å². The maximum absolute atomic E-state index is 14.0. The highest BCUT2D eigenvalue weighted by Gasteiger charge is 2.64. The molecule has 0 spiro atoms. The molecule has 37 heavy (non-hydrogen) atoms. The van der Waals surface area contributed by atoms with Crippen LogP contribution in [-0.4, -0.2) is 34.6 Å². The van der Waals surface area contributed by atoms with Crippen LogP contribution in [-0.2, 0) is 9.59 Å². The van der Waals surface area contributed by atoms with E-state index in [1.54, 1.807) is 0 Å². The van der Waals surface area contributed by atoms with Gasteiger partial charge in [0, 0.05) is 33.4 Å². The van der Waals surface area contributed by atoms with Crippen molar-refractivity contribution in [3.63, 3.8) is 0 Å². The zero-order valence-corrected chi connectivity index (χ0v) is 20.5. The Bertz CT molecular complexity index is 1530. The van der Waals surface area contributed by atoms with E-state index >= 15 is 0 Å². The second kappa shape index (κ2) is 8.54. The summed E-state index contributed by atoms with van der Waals surface area (Å²) in [7, 11) is 0. The number of fused-ring (bicyclic) bond motifs is 5. The molecule has 3 aromatic carbocycles. The topological polar surface area (TPSA) is 101 Å². The average molecular weight is 534 g/mol. The van der Waals surface area contributed by atoms with Gasteiger partial charge in [0.05, 0.1) is 28.5 Å². The molecule has 0 saturated carbocycles. The molecule has 0 radical (unpaired) electrons. The van der Waals surface area contributed by atoms with Crippen LogP contribution in [0.25, 0.3) is 6.08 Å². The molecule has 2 fully saturated rings. The SMILES string of the molecule is O=C(c1cccc([N+](=O)[O-])c1)[C@@H]1[C@H]2C(=O)N(c3cc(Cl)cc(Cl)c3)C(=O)[C@@H]2[C@H]2C=Cc3ccccc3N21. The molecule has 3 heterocycles. The van der Waals surface area contributed by atoms with E-state index in [2.05, 4.69) is 0 Å². The summed E-state index contributed by atoms with van der Waals surface area (Å²) in [6.07, 6.45) is 3.71. The molecule has 10 heteroatoms. The van der Waals surface area contributed by atoms with Crippen molar-refractivity contribution < 1.29 is 19.3 Å². The normalized spacial score (nSPS) is 23.6. The Hall–Kier alpha value is -4.01. The van der Waals surface area contributed by atoms with E-state index in [0.717, 1.165) is 10.5 Å². The fourth-order valence-corrected chi connectivity index (χ4v) is 6.19. The molecule has 2 saturated heterocycles. The summed E-state index contributed by atoms with van der Waals surface area (Å²) in [6.45, 7) is 0. The third-order valence-corrected chi connectivity index (χ3v) is 7.57. The van der Waals surface area contributed by atoms with Gasteiger partial charge in [-0.2, -0.15) is 0 Å². The quantitative estimate of drug-likeness (QED) is 0.198. The lowest BCUT2D eigenvalue weighted by Crippen LogP contribution is -2.48. The first-order valence-corrected chi connectivity index (χ1v) is 12.2. The Labute approximate surface area is 220 Å². The molecular formula is C27H17Cl2N3O5. The first kappa shape index (κ1) is 23.4. The summed E-state index contributed by atoms with van der Waals surface area (Å²) in [4.78, 5) is 55.4. The first-order valence-electron chi connectivity index (χ1n) is 11.4. The number of imide groups is 1. The second-order valence-electron chi connectivity index (χ2n) is 9.12. The molecule has 8 nitrogen and oxygen atoms in total. The number of non-ortho nitro benzene ring substituents is 1. The lowest BCUT2D eigenvalue weighted by atomic mass is 9.86. The summed E-state index contributed by atoms with van der Waals surface area (Å²) in [5.41, 5.74) is 1.64. The highest BCUT2D eigenvalue weighted by atomic mass is 35.5. The lowest BCUT2D eigenvalue weighted by molar-refractivity contribution is -0.384. The zero-order valence-electron chi connectivity index (χ0n) is 19.0. The molecular weight excluding hydrogens is 517 g/mol. The standard InChI is InChI=1S/C27H17Cl2N3O5/c28-16-11-17(29)13-19(12-16)30-26(34)22-21-9-8-14-4-1-2-7-20(14)31(21)24(23(22)27(30)35)25(33)15-5-3-6-18(10-15)32(36)37/h1-13,21-24H/t21-,22-,23+,24+/m1/s1. The Kier molecular flexibility index (Phi) is 5.40. The van der Waals surface area contributed by atoms with Crippen molar-refractivity contribution in [1.82, 2.24) is 0 Å². The maximum atomic E-state index is 14.0. The molecule has 0 bridgehead atoms. The molecule has 0 aromatic heterocycles. The van der Waals surface area contributed by atoms with Gasteiger partial charge in [0.25, 0.3) is 5.69 Å². The largest absolute Gasteiger partial charge is 0.352 e. The number of anilines is 2. The predicted molar refractivity (Wildman–Crippen MR) is 139 cm³/mol. The van der Waals surface area contributed by atoms with Crippen LogP contribution in [0.1, 0.15) is 15.9 Å². The van der Waals surface area contributed by atoms with Gasteiger partial charge < -0.3 is 4.90 Å². The van der Waals surface area contributed by atoms with Crippen molar-refractivity contribution in [2.45, 2.75) is 12.1 Å². The zero-order chi connectivity index (χ0) is 26.0. The van der Waals surface area contributed by atoms with Gasteiger partial charge in [-0.15, -0.1) is 0 Å². The van der Waals surface area contributed by atoms with Crippen LogP contribution < -0.4 is 9.80 Å². The number of nitro groups is 1. The van der Waals surface area contributed by atoms with Crippen molar-refractivity contribution in [3.05, 3.63) is 104 Å². The van der Waals surface area contributed by atoms with E-state index in [1.165, 1.54) is 42.5 Å². The molecule has 0 unspecified atom stereocenters. The van der Waals surface area contributed by atoms with Gasteiger partial charge in [-0.05, 0) is 29.8 Å². The van der Waals surface area contributed by atoms with Gasteiger partial charge in [0.15, 0.2) is 5.78 Å². The number of rotatable bonds is 4. The summed E-state index contributed by atoms with van der Waals surface area (Å²) in [6, 6.07) is 15.6. The summed E-state index contributed by atoms with van der Waals surface area (Å²) in [5.74, 6) is -3.34.